The zero-order valence-corrected chi connectivity index (χ0v) is 16.0. The van der Waals surface area contributed by atoms with Crippen molar-refractivity contribution in [2.75, 3.05) is 39.6 Å². The SMILES string of the molecule is CC1COC(CCCOC2COC(c3ccccc3)OC2)C2OCC1CO2. The Kier molecular flexibility index (Phi) is 6.76. The molecule has 6 heteroatoms. The number of hydrogen-bond donors (Lipinski definition) is 0. The summed E-state index contributed by atoms with van der Waals surface area (Å²) in [6.07, 6.45) is 1.19. The fraction of sp³-hybridized carbons (Fsp3) is 0.714. The van der Waals surface area contributed by atoms with Gasteiger partial charge in [0.1, 0.15) is 12.2 Å². The molecule has 150 valence electrons. The normalized spacial score (nSPS) is 36.9. The maximum absolute atomic E-state index is 6.03. The standard InChI is InChI=1S/C21H30O6/c1-15-10-23-19(21-24-11-17(15)12-25-21)8-5-9-22-18-13-26-20(27-14-18)16-6-3-2-4-7-16/h2-4,6-7,15,17-21H,5,8-14H2,1H3. The van der Waals surface area contributed by atoms with E-state index in [9.17, 15) is 0 Å². The summed E-state index contributed by atoms with van der Waals surface area (Å²) >= 11 is 0. The monoisotopic (exact) mass is 378 g/mol. The van der Waals surface area contributed by atoms with Gasteiger partial charge in [0.25, 0.3) is 0 Å². The van der Waals surface area contributed by atoms with Crippen molar-refractivity contribution in [1.82, 2.24) is 0 Å². The molecule has 6 nitrogen and oxygen atoms in total. The van der Waals surface area contributed by atoms with Crippen molar-refractivity contribution in [2.45, 2.75) is 44.6 Å². The highest BCUT2D eigenvalue weighted by Gasteiger charge is 2.35. The van der Waals surface area contributed by atoms with Crippen LogP contribution in [0.5, 0.6) is 0 Å². The van der Waals surface area contributed by atoms with E-state index >= 15 is 0 Å². The second-order valence-corrected chi connectivity index (χ2v) is 7.69. The number of hydrogen-bond acceptors (Lipinski definition) is 6. The summed E-state index contributed by atoms with van der Waals surface area (Å²) in [7, 11) is 0. The minimum Gasteiger partial charge on any atom is -0.373 e. The van der Waals surface area contributed by atoms with Gasteiger partial charge in [0, 0.05) is 18.1 Å². The van der Waals surface area contributed by atoms with E-state index in [1.165, 1.54) is 0 Å². The molecule has 0 amide bonds. The van der Waals surface area contributed by atoms with E-state index in [-0.39, 0.29) is 24.8 Å². The smallest absolute Gasteiger partial charge is 0.184 e. The highest BCUT2D eigenvalue weighted by molar-refractivity contribution is 5.16. The molecule has 4 aliphatic heterocycles. The summed E-state index contributed by atoms with van der Waals surface area (Å²) in [5.41, 5.74) is 1.04. The molecule has 0 aliphatic carbocycles. The molecule has 4 saturated heterocycles. The third-order valence-corrected chi connectivity index (χ3v) is 5.56. The quantitative estimate of drug-likeness (QED) is 0.710. The summed E-state index contributed by atoms with van der Waals surface area (Å²) in [6, 6.07) is 9.99. The fourth-order valence-electron chi connectivity index (χ4n) is 3.70. The number of fused-ring (bicyclic) bond motifs is 5. The molecule has 1 aromatic carbocycles. The van der Waals surface area contributed by atoms with Crippen molar-refractivity contribution in [3.05, 3.63) is 35.9 Å². The van der Waals surface area contributed by atoms with Crippen LogP contribution in [0.2, 0.25) is 0 Å². The van der Waals surface area contributed by atoms with Crippen LogP contribution in [0.1, 0.15) is 31.6 Å². The molecule has 0 saturated carbocycles. The third-order valence-electron chi connectivity index (χ3n) is 5.56. The summed E-state index contributed by atoms with van der Waals surface area (Å²) < 4.78 is 35.2. The van der Waals surface area contributed by atoms with Gasteiger partial charge >= 0.3 is 0 Å². The molecule has 4 aliphatic rings. The molecule has 2 unspecified atom stereocenters. The van der Waals surface area contributed by atoms with Gasteiger partial charge in [-0.1, -0.05) is 37.3 Å². The Labute approximate surface area is 161 Å². The predicted molar refractivity (Wildman–Crippen MR) is 98.1 cm³/mol. The van der Waals surface area contributed by atoms with E-state index in [2.05, 4.69) is 6.92 Å². The lowest BCUT2D eigenvalue weighted by molar-refractivity contribution is -0.276. The predicted octanol–water partition coefficient (Wildman–Crippen LogP) is 2.92. The molecule has 4 fully saturated rings. The van der Waals surface area contributed by atoms with Gasteiger partial charge in [-0.3, -0.25) is 0 Å². The van der Waals surface area contributed by atoms with Crippen LogP contribution in [0.3, 0.4) is 0 Å². The van der Waals surface area contributed by atoms with E-state index in [4.69, 9.17) is 28.4 Å². The van der Waals surface area contributed by atoms with Crippen LogP contribution in [0, 0.1) is 11.8 Å². The first-order valence-corrected chi connectivity index (χ1v) is 10.0. The average Bonchev–Trinajstić information content (AvgIpc) is 2.73. The Bertz CT molecular complexity index is 551. The van der Waals surface area contributed by atoms with Gasteiger partial charge < -0.3 is 28.4 Å². The Balaban J connectivity index is 1.14. The lowest BCUT2D eigenvalue weighted by Gasteiger charge is -2.40. The second kappa shape index (κ2) is 9.45. The van der Waals surface area contributed by atoms with Crippen LogP contribution in [-0.2, 0) is 28.4 Å². The first-order chi connectivity index (χ1) is 13.3. The van der Waals surface area contributed by atoms with Crippen LogP contribution in [-0.4, -0.2) is 58.1 Å². The summed E-state index contributed by atoms with van der Waals surface area (Å²) in [5, 5.41) is 0. The van der Waals surface area contributed by atoms with Crippen molar-refractivity contribution in [2.24, 2.45) is 11.8 Å². The van der Waals surface area contributed by atoms with Crippen molar-refractivity contribution in [3.63, 3.8) is 0 Å². The topological polar surface area (TPSA) is 55.4 Å². The van der Waals surface area contributed by atoms with Gasteiger partial charge in [-0.15, -0.1) is 0 Å². The lowest BCUT2D eigenvalue weighted by Crippen LogP contribution is -2.47. The van der Waals surface area contributed by atoms with Crippen molar-refractivity contribution < 1.29 is 28.4 Å². The van der Waals surface area contributed by atoms with E-state index in [1.807, 2.05) is 30.3 Å². The number of benzene rings is 1. The van der Waals surface area contributed by atoms with Crippen LogP contribution < -0.4 is 0 Å². The molecule has 2 bridgehead atoms. The zero-order chi connectivity index (χ0) is 18.5. The van der Waals surface area contributed by atoms with E-state index in [1.54, 1.807) is 0 Å². The van der Waals surface area contributed by atoms with Crippen LogP contribution in [0.25, 0.3) is 0 Å². The molecule has 0 spiro atoms. The molecule has 27 heavy (non-hydrogen) atoms. The van der Waals surface area contributed by atoms with Gasteiger partial charge in [-0.05, 0) is 18.8 Å². The lowest BCUT2D eigenvalue weighted by atomic mass is 9.94. The van der Waals surface area contributed by atoms with Crippen LogP contribution in [0.4, 0.5) is 0 Å². The number of ether oxygens (including phenoxy) is 6. The molecular formula is C21H30O6. The maximum atomic E-state index is 6.03. The van der Waals surface area contributed by atoms with Crippen LogP contribution in [0.15, 0.2) is 30.3 Å². The molecule has 0 aromatic heterocycles. The molecule has 0 radical (unpaired) electrons. The fourth-order valence-corrected chi connectivity index (χ4v) is 3.70. The zero-order valence-electron chi connectivity index (χ0n) is 16.0. The number of rotatable bonds is 6. The molecule has 2 atom stereocenters. The Morgan fingerprint density at radius 1 is 0.889 bits per heavy atom. The van der Waals surface area contributed by atoms with Gasteiger partial charge in [0.2, 0.25) is 0 Å². The highest BCUT2D eigenvalue weighted by Crippen LogP contribution is 2.28. The second-order valence-electron chi connectivity index (χ2n) is 7.69. The Hall–Kier alpha value is -1.02. The molecule has 4 heterocycles. The van der Waals surface area contributed by atoms with E-state index in [0.29, 0.717) is 31.7 Å². The average molecular weight is 378 g/mol. The minimum atomic E-state index is -0.291. The molecule has 5 rings (SSSR count). The molecule has 1 aromatic rings. The first-order valence-electron chi connectivity index (χ1n) is 10.0. The van der Waals surface area contributed by atoms with Gasteiger partial charge in [0.15, 0.2) is 12.6 Å². The summed E-state index contributed by atoms with van der Waals surface area (Å²) in [4.78, 5) is 0. The Morgan fingerprint density at radius 2 is 1.63 bits per heavy atom. The van der Waals surface area contributed by atoms with Gasteiger partial charge in [-0.2, -0.15) is 0 Å². The first kappa shape index (κ1) is 19.3. The van der Waals surface area contributed by atoms with Crippen molar-refractivity contribution >= 4 is 0 Å². The summed E-state index contributed by atoms with van der Waals surface area (Å²) in [5.74, 6) is 0.927. The third kappa shape index (κ3) is 5.08. The van der Waals surface area contributed by atoms with Crippen molar-refractivity contribution in [1.29, 1.82) is 0 Å². The summed E-state index contributed by atoms with van der Waals surface area (Å²) in [6.45, 7) is 6.29. The van der Waals surface area contributed by atoms with Gasteiger partial charge in [0.05, 0.1) is 33.0 Å². The van der Waals surface area contributed by atoms with Crippen molar-refractivity contribution in [3.8, 4) is 0 Å². The highest BCUT2D eigenvalue weighted by atomic mass is 16.7. The Morgan fingerprint density at radius 3 is 2.37 bits per heavy atom. The van der Waals surface area contributed by atoms with E-state index < -0.39 is 0 Å². The van der Waals surface area contributed by atoms with Gasteiger partial charge in [-0.25, -0.2) is 0 Å². The van der Waals surface area contributed by atoms with E-state index in [0.717, 1.165) is 38.2 Å². The maximum Gasteiger partial charge on any atom is 0.184 e. The molecule has 0 N–H and O–H groups in total. The largest absolute Gasteiger partial charge is 0.373 e. The van der Waals surface area contributed by atoms with Crippen LogP contribution >= 0.6 is 0 Å². The molecular weight excluding hydrogens is 348 g/mol. The minimum absolute atomic E-state index is 0.0152.